The van der Waals surface area contributed by atoms with Crippen LogP contribution in [-0.2, 0) is 10.8 Å². The van der Waals surface area contributed by atoms with Gasteiger partial charge in [0.1, 0.15) is 5.75 Å². The molecule has 0 heterocycles. The zero-order valence-electron chi connectivity index (χ0n) is 16.4. The highest BCUT2D eigenvalue weighted by atomic mass is 16.3. The smallest absolute Gasteiger partial charge is 0.123 e. The number of aryl methyl sites for hydroxylation is 1. The van der Waals surface area contributed by atoms with Gasteiger partial charge in [-0.25, -0.2) is 0 Å². The summed E-state index contributed by atoms with van der Waals surface area (Å²) >= 11 is 0. The molecule has 0 saturated carbocycles. The second kappa shape index (κ2) is 6.05. The predicted molar refractivity (Wildman–Crippen MR) is 108 cm³/mol. The first-order valence-corrected chi connectivity index (χ1v) is 9.27. The molecular formula is C24H30O. The number of allylic oxidation sites excluding steroid dienone is 1. The zero-order valence-corrected chi connectivity index (χ0v) is 16.4. The SMILES string of the molecule is C/C=C/c1ccc(O)c(-c2cc3c(cc2C)C(C)(C)CCC3(C)C)c1. The third-order valence-electron chi connectivity index (χ3n) is 5.87. The Hall–Kier alpha value is -2.02. The van der Waals surface area contributed by atoms with Crippen molar-refractivity contribution in [2.75, 3.05) is 0 Å². The Bertz CT molecular complexity index is 837. The lowest BCUT2D eigenvalue weighted by Crippen LogP contribution is -2.34. The van der Waals surface area contributed by atoms with Crippen LogP contribution in [0.3, 0.4) is 0 Å². The minimum Gasteiger partial charge on any atom is -0.507 e. The van der Waals surface area contributed by atoms with E-state index in [0.29, 0.717) is 5.75 Å². The first kappa shape index (κ1) is 17.8. The molecule has 132 valence electrons. The molecule has 0 spiro atoms. The van der Waals surface area contributed by atoms with Gasteiger partial charge >= 0.3 is 0 Å². The third kappa shape index (κ3) is 3.13. The molecule has 3 rings (SSSR count). The average molecular weight is 335 g/mol. The predicted octanol–water partition coefficient (Wildman–Crippen LogP) is 6.75. The molecule has 0 fully saturated rings. The Morgan fingerprint density at radius 3 is 2.08 bits per heavy atom. The number of phenolic OH excluding ortho intramolecular Hbond substituents is 1. The van der Waals surface area contributed by atoms with E-state index in [1.54, 1.807) is 6.07 Å². The summed E-state index contributed by atoms with van der Waals surface area (Å²) in [4.78, 5) is 0. The molecule has 0 saturated heterocycles. The summed E-state index contributed by atoms with van der Waals surface area (Å²) in [6.07, 6.45) is 6.51. The van der Waals surface area contributed by atoms with Crippen LogP contribution < -0.4 is 0 Å². The molecule has 25 heavy (non-hydrogen) atoms. The maximum Gasteiger partial charge on any atom is 0.123 e. The number of hydrogen-bond acceptors (Lipinski definition) is 1. The van der Waals surface area contributed by atoms with Crippen LogP contribution >= 0.6 is 0 Å². The number of hydrogen-bond donors (Lipinski definition) is 1. The van der Waals surface area contributed by atoms with E-state index in [4.69, 9.17) is 0 Å². The standard InChI is InChI=1S/C24H30O/c1-7-8-17-9-10-22(25)19(14-17)18-15-21-20(13-16(18)2)23(3,4)11-12-24(21,5)6/h7-10,13-15,25H,11-12H2,1-6H3/b8-7+. The van der Waals surface area contributed by atoms with Crippen molar-refractivity contribution in [2.24, 2.45) is 0 Å². The lowest BCUT2D eigenvalue weighted by Gasteiger charge is -2.42. The van der Waals surface area contributed by atoms with Crippen LogP contribution in [0, 0.1) is 6.92 Å². The Morgan fingerprint density at radius 2 is 1.48 bits per heavy atom. The highest BCUT2D eigenvalue weighted by Crippen LogP contribution is 2.48. The molecule has 1 N–H and O–H groups in total. The van der Waals surface area contributed by atoms with Crippen LogP contribution in [0.25, 0.3) is 17.2 Å². The summed E-state index contributed by atoms with van der Waals surface area (Å²) < 4.78 is 0. The molecule has 1 heteroatoms. The summed E-state index contributed by atoms with van der Waals surface area (Å²) in [5.74, 6) is 0.351. The molecule has 0 atom stereocenters. The summed E-state index contributed by atoms with van der Waals surface area (Å²) in [7, 11) is 0. The molecule has 0 radical (unpaired) electrons. The number of rotatable bonds is 2. The van der Waals surface area contributed by atoms with E-state index >= 15 is 0 Å². The van der Waals surface area contributed by atoms with Gasteiger partial charge in [0, 0.05) is 5.56 Å². The second-order valence-corrected chi connectivity index (χ2v) is 8.76. The van der Waals surface area contributed by atoms with Crippen molar-refractivity contribution < 1.29 is 5.11 Å². The van der Waals surface area contributed by atoms with E-state index in [-0.39, 0.29) is 10.8 Å². The third-order valence-corrected chi connectivity index (χ3v) is 5.87. The van der Waals surface area contributed by atoms with Crippen LogP contribution in [0.5, 0.6) is 5.75 Å². The van der Waals surface area contributed by atoms with Gasteiger partial charge in [-0.3, -0.25) is 0 Å². The monoisotopic (exact) mass is 334 g/mol. The van der Waals surface area contributed by atoms with Crippen molar-refractivity contribution in [1.82, 2.24) is 0 Å². The van der Waals surface area contributed by atoms with Gasteiger partial charge in [-0.1, -0.05) is 52.0 Å². The molecule has 0 amide bonds. The van der Waals surface area contributed by atoms with Crippen LogP contribution in [0.1, 0.15) is 69.7 Å². The maximum atomic E-state index is 10.5. The van der Waals surface area contributed by atoms with Crippen LogP contribution in [-0.4, -0.2) is 5.11 Å². The van der Waals surface area contributed by atoms with Crippen molar-refractivity contribution in [3.8, 4) is 16.9 Å². The van der Waals surface area contributed by atoms with E-state index in [1.165, 1.54) is 29.5 Å². The topological polar surface area (TPSA) is 20.2 Å². The van der Waals surface area contributed by atoms with Gasteiger partial charge in [0.15, 0.2) is 0 Å². The van der Waals surface area contributed by atoms with E-state index in [1.807, 2.05) is 19.1 Å². The van der Waals surface area contributed by atoms with Crippen molar-refractivity contribution in [3.05, 3.63) is 58.7 Å². The molecule has 1 nitrogen and oxygen atoms in total. The number of aromatic hydroxyl groups is 1. The minimum atomic E-state index is 0.170. The van der Waals surface area contributed by atoms with Crippen molar-refractivity contribution in [1.29, 1.82) is 0 Å². The Kier molecular flexibility index (Phi) is 4.31. The van der Waals surface area contributed by atoms with Gasteiger partial charge in [-0.2, -0.15) is 0 Å². The molecular weight excluding hydrogens is 304 g/mol. The quantitative estimate of drug-likeness (QED) is 0.644. The largest absolute Gasteiger partial charge is 0.507 e. The van der Waals surface area contributed by atoms with Crippen LogP contribution in [0.15, 0.2) is 36.4 Å². The van der Waals surface area contributed by atoms with Gasteiger partial charge in [0.05, 0.1) is 0 Å². The van der Waals surface area contributed by atoms with E-state index in [2.05, 4.69) is 58.9 Å². The molecule has 0 aliphatic heterocycles. The van der Waals surface area contributed by atoms with E-state index in [0.717, 1.165) is 16.7 Å². The van der Waals surface area contributed by atoms with E-state index < -0.39 is 0 Å². The van der Waals surface area contributed by atoms with Crippen LogP contribution in [0.4, 0.5) is 0 Å². The molecule has 1 aliphatic carbocycles. The van der Waals surface area contributed by atoms with Crippen molar-refractivity contribution >= 4 is 6.08 Å². The fourth-order valence-corrected chi connectivity index (χ4v) is 4.08. The van der Waals surface area contributed by atoms with Gasteiger partial charge in [0.25, 0.3) is 0 Å². The number of fused-ring (bicyclic) bond motifs is 1. The molecule has 0 unspecified atom stereocenters. The number of benzene rings is 2. The fraction of sp³-hybridized carbons (Fsp3) is 0.417. The molecule has 2 aromatic rings. The number of phenols is 1. The first-order chi connectivity index (χ1) is 11.7. The lowest BCUT2D eigenvalue weighted by molar-refractivity contribution is 0.332. The fourth-order valence-electron chi connectivity index (χ4n) is 4.08. The maximum absolute atomic E-state index is 10.5. The highest BCUT2D eigenvalue weighted by Gasteiger charge is 2.37. The average Bonchev–Trinajstić information content (AvgIpc) is 2.54. The second-order valence-electron chi connectivity index (χ2n) is 8.76. The van der Waals surface area contributed by atoms with Gasteiger partial charge in [-0.05, 0) is 83.5 Å². The lowest BCUT2D eigenvalue weighted by atomic mass is 9.62. The first-order valence-electron chi connectivity index (χ1n) is 9.27. The molecule has 1 aliphatic rings. The van der Waals surface area contributed by atoms with Crippen molar-refractivity contribution in [3.63, 3.8) is 0 Å². The van der Waals surface area contributed by atoms with Crippen LogP contribution in [0.2, 0.25) is 0 Å². The van der Waals surface area contributed by atoms with Gasteiger partial charge in [0.2, 0.25) is 0 Å². The zero-order chi connectivity index (χ0) is 18.4. The Balaban J connectivity index is 2.25. The minimum absolute atomic E-state index is 0.170. The summed E-state index contributed by atoms with van der Waals surface area (Å²) in [6, 6.07) is 10.5. The van der Waals surface area contributed by atoms with E-state index in [9.17, 15) is 5.11 Å². The highest BCUT2D eigenvalue weighted by molar-refractivity contribution is 5.77. The summed E-state index contributed by atoms with van der Waals surface area (Å²) in [5, 5.41) is 10.5. The molecule has 2 aromatic carbocycles. The van der Waals surface area contributed by atoms with Gasteiger partial charge in [-0.15, -0.1) is 0 Å². The summed E-state index contributed by atoms with van der Waals surface area (Å²) in [6.45, 7) is 13.6. The van der Waals surface area contributed by atoms with Gasteiger partial charge < -0.3 is 5.11 Å². The Morgan fingerprint density at radius 1 is 0.880 bits per heavy atom. The Labute approximate surface area is 152 Å². The normalized spacial score (nSPS) is 18.3. The van der Waals surface area contributed by atoms with Crippen molar-refractivity contribution in [2.45, 2.75) is 65.2 Å². The summed E-state index contributed by atoms with van der Waals surface area (Å²) in [5.41, 5.74) is 7.70. The molecule has 0 aromatic heterocycles. The molecule has 0 bridgehead atoms.